The minimum atomic E-state index is 0.517. The van der Waals surface area contributed by atoms with Crippen LogP contribution in [0.25, 0.3) is 0 Å². The fraction of sp³-hybridized carbons (Fsp3) is 0.857. The molecule has 8 heavy (non-hydrogen) atoms. The second-order valence-electron chi connectivity index (χ2n) is 2.61. The first-order valence-corrected chi connectivity index (χ1v) is 3.30. The number of hydrogen-bond donors (Lipinski definition) is 0. The summed E-state index contributed by atoms with van der Waals surface area (Å²) in [5.41, 5.74) is 0. The molecule has 0 aliphatic heterocycles. The van der Waals surface area contributed by atoms with Gasteiger partial charge in [0.05, 0.1) is 0 Å². The van der Waals surface area contributed by atoms with Gasteiger partial charge in [0.25, 0.3) is 0 Å². The maximum absolute atomic E-state index is 3.96. The summed E-state index contributed by atoms with van der Waals surface area (Å²) in [6.45, 7) is 5.66. The Morgan fingerprint density at radius 3 is 2.38 bits per heavy atom. The molecule has 1 atom stereocenters. The molecule has 0 spiro atoms. The fourth-order valence-electron chi connectivity index (χ4n) is 1.07. The van der Waals surface area contributed by atoms with Gasteiger partial charge in [-0.2, -0.15) is 0 Å². The van der Waals surface area contributed by atoms with E-state index in [0.717, 1.165) is 5.92 Å². The SMILES string of the molecule is C=NC(C)C1CCC1. The predicted molar refractivity (Wildman–Crippen MR) is 36.4 cm³/mol. The van der Waals surface area contributed by atoms with Crippen LogP contribution in [0.1, 0.15) is 26.2 Å². The molecule has 0 saturated heterocycles. The molecule has 0 aromatic heterocycles. The summed E-state index contributed by atoms with van der Waals surface area (Å²) in [4.78, 5) is 3.96. The third-order valence-corrected chi connectivity index (χ3v) is 2.12. The van der Waals surface area contributed by atoms with Gasteiger partial charge >= 0.3 is 0 Å². The van der Waals surface area contributed by atoms with Crippen LogP contribution in [-0.4, -0.2) is 12.8 Å². The minimum absolute atomic E-state index is 0.517. The minimum Gasteiger partial charge on any atom is -0.298 e. The first-order chi connectivity index (χ1) is 3.84. The zero-order chi connectivity index (χ0) is 5.98. The van der Waals surface area contributed by atoms with Crippen LogP contribution in [0.5, 0.6) is 0 Å². The average molecular weight is 111 g/mol. The van der Waals surface area contributed by atoms with E-state index in [1.54, 1.807) is 0 Å². The maximum atomic E-state index is 3.96. The Morgan fingerprint density at radius 2 is 2.25 bits per heavy atom. The molecular weight excluding hydrogens is 98.1 g/mol. The van der Waals surface area contributed by atoms with E-state index in [1.807, 2.05) is 0 Å². The van der Waals surface area contributed by atoms with E-state index in [0.29, 0.717) is 6.04 Å². The highest BCUT2D eigenvalue weighted by molar-refractivity contribution is 5.24. The molecule has 46 valence electrons. The van der Waals surface area contributed by atoms with Crippen LogP contribution < -0.4 is 0 Å². The zero-order valence-electron chi connectivity index (χ0n) is 5.43. The molecule has 1 unspecified atom stereocenters. The van der Waals surface area contributed by atoms with Crippen molar-refractivity contribution in [3.8, 4) is 0 Å². The van der Waals surface area contributed by atoms with Crippen molar-refractivity contribution < 1.29 is 0 Å². The van der Waals surface area contributed by atoms with Gasteiger partial charge in [0.1, 0.15) is 0 Å². The van der Waals surface area contributed by atoms with Gasteiger partial charge in [0.2, 0.25) is 0 Å². The second kappa shape index (κ2) is 2.29. The van der Waals surface area contributed by atoms with Crippen LogP contribution in [0.4, 0.5) is 0 Å². The Kier molecular flexibility index (Phi) is 1.66. The molecule has 0 aromatic rings. The molecular formula is C7H13N. The Morgan fingerprint density at radius 1 is 1.62 bits per heavy atom. The summed E-state index contributed by atoms with van der Waals surface area (Å²) in [6.07, 6.45) is 4.16. The smallest absolute Gasteiger partial charge is 0.0492 e. The third kappa shape index (κ3) is 0.908. The Hall–Kier alpha value is -0.330. The molecule has 0 amide bonds. The van der Waals surface area contributed by atoms with Gasteiger partial charge in [0, 0.05) is 6.04 Å². The van der Waals surface area contributed by atoms with Crippen molar-refractivity contribution >= 4 is 6.72 Å². The van der Waals surface area contributed by atoms with E-state index in [9.17, 15) is 0 Å². The van der Waals surface area contributed by atoms with Gasteiger partial charge < -0.3 is 0 Å². The van der Waals surface area contributed by atoms with Crippen molar-refractivity contribution in [1.29, 1.82) is 0 Å². The molecule has 1 nitrogen and oxygen atoms in total. The highest BCUT2D eigenvalue weighted by Crippen LogP contribution is 2.30. The first kappa shape index (κ1) is 5.80. The monoisotopic (exact) mass is 111 g/mol. The van der Waals surface area contributed by atoms with E-state index < -0.39 is 0 Å². The first-order valence-electron chi connectivity index (χ1n) is 3.30. The van der Waals surface area contributed by atoms with Gasteiger partial charge in [-0.05, 0) is 32.4 Å². The van der Waals surface area contributed by atoms with Crippen LogP contribution >= 0.6 is 0 Å². The van der Waals surface area contributed by atoms with Crippen LogP contribution in [0.2, 0.25) is 0 Å². The molecule has 0 radical (unpaired) electrons. The Bertz CT molecular complexity index is 84.4. The lowest BCUT2D eigenvalue weighted by Crippen LogP contribution is -2.21. The lowest BCUT2D eigenvalue weighted by atomic mass is 9.81. The highest BCUT2D eigenvalue weighted by atomic mass is 14.7. The Labute approximate surface area is 50.8 Å². The summed E-state index contributed by atoms with van der Waals surface area (Å²) in [7, 11) is 0. The second-order valence-corrected chi connectivity index (χ2v) is 2.61. The normalized spacial score (nSPS) is 24.1. The number of aliphatic imine (C=N–C) groups is 1. The van der Waals surface area contributed by atoms with Crippen molar-refractivity contribution in [1.82, 2.24) is 0 Å². The molecule has 0 N–H and O–H groups in total. The number of hydrogen-bond acceptors (Lipinski definition) is 1. The quantitative estimate of drug-likeness (QED) is 0.482. The summed E-state index contributed by atoms with van der Waals surface area (Å²) in [6, 6.07) is 0.517. The summed E-state index contributed by atoms with van der Waals surface area (Å²) in [5.74, 6) is 0.868. The number of nitrogens with zero attached hydrogens (tertiary/aromatic N) is 1. The maximum Gasteiger partial charge on any atom is 0.0492 e. The van der Waals surface area contributed by atoms with E-state index in [1.165, 1.54) is 19.3 Å². The van der Waals surface area contributed by atoms with E-state index >= 15 is 0 Å². The largest absolute Gasteiger partial charge is 0.298 e. The van der Waals surface area contributed by atoms with Crippen molar-refractivity contribution in [3.63, 3.8) is 0 Å². The van der Waals surface area contributed by atoms with E-state index in [-0.39, 0.29) is 0 Å². The molecule has 1 aliphatic carbocycles. The lowest BCUT2D eigenvalue weighted by molar-refractivity contribution is 0.275. The fourth-order valence-corrected chi connectivity index (χ4v) is 1.07. The topological polar surface area (TPSA) is 12.4 Å². The van der Waals surface area contributed by atoms with Crippen molar-refractivity contribution in [2.24, 2.45) is 10.9 Å². The van der Waals surface area contributed by atoms with Crippen LogP contribution in [0.15, 0.2) is 4.99 Å². The van der Waals surface area contributed by atoms with Gasteiger partial charge in [0.15, 0.2) is 0 Å². The molecule has 1 aliphatic rings. The van der Waals surface area contributed by atoms with Crippen LogP contribution in [0, 0.1) is 5.92 Å². The standard InChI is InChI=1S/C7H13N/c1-6(8-2)7-4-3-5-7/h6-7H,2-5H2,1H3. The molecule has 0 aromatic carbocycles. The number of rotatable bonds is 2. The molecule has 1 rings (SSSR count). The predicted octanol–water partition coefficient (Wildman–Crippen LogP) is 1.88. The third-order valence-electron chi connectivity index (χ3n) is 2.12. The van der Waals surface area contributed by atoms with Crippen LogP contribution in [0.3, 0.4) is 0 Å². The van der Waals surface area contributed by atoms with E-state index in [2.05, 4.69) is 18.6 Å². The molecule has 1 fully saturated rings. The van der Waals surface area contributed by atoms with Crippen molar-refractivity contribution in [2.75, 3.05) is 0 Å². The van der Waals surface area contributed by atoms with Gasteiger partial charge in [-0.3, -0.25) is 4.99 Å². The van der Waals surface area contributed by atoms with Gasteiger partial charge in [-0.25, -0.2) is 0 Å². The summed E-state index contributed by atoms with van der Waals surface area (Å²) < 4.78 is 0. The summed E-state index contributed by atoms with van der Waals surface area (Å²) >= 11 is 0. The molecule has 0 heterocycles. The van der Waals surface area contributed by atoms with Crippen molar-refractivity contribution in [2.45, 2.75) is 32.2 Å². The average Bonchev–Trinajstić information content (AvgIpc) is 1.62. The zero-order valence-corrected chi connectivity index (χ0v) is 5.43. The molecule has 1 saturated carbocycles. The lowest BCUT2D eigenvalue weighted by Gasteiger charge is -2.28. The Balaban J connectivity index is 2.22. The molecule has 1 heteroatoms. The molecule has 0 bridgehead atoms. The van der Waals surface area contributed by atoms with Crippen LogP contribution in [-0.2, 0) is 0 Å². The van der Waals surface area contributed by atoms with Gasteiger partial charge in [-0.15, -0.1) is 0 Å². The van der Waals surface area contributed by atoms with Gasteiger partial charge in [-0.1, -0.05) is 6.42 Å². The van der Waals surface area contributed by atoms with Crippen molar-refractivity contribution in [3.05, 3.63) is 0 Å². The summed E-state index contributed by atoms with van der Waals surface area (Å²) in [5, 5.41) is 0. The highest BCUT2D eigenvalue weighted by Gasteiger charge is 2.22. The van der Waals surface area contributed by atoms with E-state index in [4.69, 9.17) is 0 Å².